The molecule has 2 heterocycles. The van der Waals surface area contributed by atoms with Gasteiger partial charge in [-0.25, -0.2) is 9.18 Å². The molecule has 1 aromatic heterocycles. The van der Waals surface area contributed by atoms with Crippen LogP contribution >= 0.6 is 15.9 Å². The van der Waals surface area contributed by atoms with Crippen molar-refractivity contribution < 1.29 is 19.3 Å². The molecule has 1 aliphatic carbocycles. The van der Waals surface area contributed by atoms with E-state index in [2.05, 4.69) is 20.9 Å². The van der Waals surface area contributed by atoms with Gasteiger partial charge in [0, 0.05) is 18.5 Å². The van der Waals surface area contributed by atoms with Crippen LogP contribution in [0.2, 0.25) is 0 Å². The first kappa shape index (κ1) is 13.0. The average Bonchev–Trinajstić information content (AvgIpc) is 3.02. The molecule has 1 aliphatic heterocycles. The van der Waals surface area contributed by atoms with Gasteiger partial charge in [0.2, 0.25) is 0 Å². The summed E-state index contributed by atoms with van der Waals surface area (Å²) in [5, 5.41) is 18.7. The van der Waals surface area contributed by atoms with E-state index in [1.54, 1.807) is 0 Å². The zero-order valence-electron chi connectivity index (χ0n) is 9.47. The maximum Gasteiger partial charge on any atom is 0.330 e. The summed E-state index contributed by atoms with van der Waals surface area (Å²) in [5.41, 5.74) is -2.71. The topological polar surface area (TPSA) is 105 Å². The summed E-state index contributed by atoms with van der Waals surface area (Å²) in [5.74, 6) is -3.23. The summed E-state index contributed by atoms with van der Waals surface area (Å²) in [4.78, 5) is 25.1. The fourth-order valence-electron chi connectivity index (χ4n) is 2.57. The molecule has 3 N–H and O–H groups in total. The SMILES string of the molecule is O=c1[nH]c(=O)n([C@@]23C[C@H]2[C@H](O)[C@@](F)(CO)O3)cc1Br. The lowest BCUT2D eigenvalue weighted by molar-refractivity contribution is -0.236. The van der Waals surface area contributed by atoms with Crippen molar-refractivity contribution >= 4 is 15.9 Å². The number of aliphatic hydroxyl groups excluding tert-OH is 2. The second-order valence-corrected chi connectivity index (χ2v) is 5.61. The zero-order valence-corrected chi connectivity index (χ0v) is 11.1. The van der Waals surface area contributed by atoms with Crippen LogP contribution in [0.5, 0.6) is 0 Å². The lowest BCUT2D eigenvalue weighted by atomic mass is 10.1. The van der Waals surface area contributed by atoms with Crippen LogP contribution in [0.25, 0.3) is 0 Å². The van der Waals surface area contributed by atoms with Crippen molar-refractivity contribution in [2.75, 3.05) is 6.61 Å². The number of hydrogen-bond acceptors (Lipinski definition) is 5. The molecule has 3 rings (SSSR count). The number of nitrogens with one attached hydrogen (secondary N) is 1. The molecule has 0 aromatic carbocycles. The van der Waals surface area contributed by atoms with Crippen molar-refractivity contribution in [1.82, 2.24) is 9.55 Å². The summed E-state index contributed by atoms with van der Waals surface area (Å²) in [6.07, 6.45) is -0.0926. The molecule has 4 atom stereocenters. The maximum atomic E-state index is 14.0. The molecule has 1 saturated heterocycles. The highest BCUT2D eigenvalue weighted by Crippen LogP contribution is 2.62. The minimum atomic E-state index is -2.59. The molecule has 1 saturated carbocycles. The number of aromatic nitrogens is 2. The quantitative estimate of drug-likeness (QED) is 0.644. The van der Waals surface area contributed by atoms with E-state index in [1.807, 2.05) is 0 Å². The van der Waals surface area contributed by atoms with Crippen molar-refractivity contribution in [3.05, 3.63) is 31.5 Å². The van der Waals surface area contributed by atoms with E-state index in [-0.39, 0.29) is 10.9 Å². The van der Waals surface area contributed by atoms with Gasteiger partial charge in [0.05, 0.1) is 4.47 Å². The van der Waals surface area contributed by atoms with Crippen LogP contribution in [0.3, 0.4) is 0 Å². The molecule has 0 amide bonds. The smallest absolute Gasteiger partial charge is 0.330 e. The summed E-state index contributed by atoms with van der Waals surface area (Å²) in [6, 6.07) is 0. The van der Waals surface area contributed by atoms with Crippen LogP contribution in [0, 0.1) is 5.92 Å². The summed E-state index contributed by atoms with van der Waals surface area (Å²) in [7, 11) is 0. The van der Waals surface area contributed by atoms with Gasteiger partial charge in [-0.15, -0.1) is 0 Å². The van der Waals surface area contributed by atoms with Crippen molar-refractivity contribution in [3.63, 3.8) is 0 Å². The highest BCUT2D eigenvalue weighted by Gasteiger charge is 2.75. The molecule has 0 unspecified atom stereocenters. The number of rotatable bonds is 2. The lowest BCUT2D eigenvalue weighted by Crippen LogP contribution is -2.43. The van der Waals surface area contributed by atoms with Crippen LogP contribution in [-0.2, 0) is 10.5 Å². The Kier molecular flexibility index (Phi) is 2.56. The Labute approximate surface area is 113 Å². The summed E-state index contributed by atoms with van der Waals surface area (Å²) < 4.78 is 20.2. The summed E-state index contributed by atoms with van der Waals surface area (Å²) >= 11 is 2.97. The number of fused-ring (bicyclic) bond motifs is 1. The molecule has 104 valence electrons. The van der Waals surface area contributed by atoms with Crippen LogP contribution in [0.15, 0.2) is 20.3 Å². The largest absolute Gasteiger partial charge is 0.390 e. The fraction of sp³-hybridized carbons (Fsp3) is 0.600. The molecule has 0 bridgehead atoms. The van der Waals surface area contributed by atoms with E-state index >= 15 is 0 Å². The standard InChI is InChI=1S/C10H10BrFN2O5/c11-5-2-14(8(18)13-7(5)17)10-1-4(10)6(16)9(12,3-15)19-10/h2,4,6,15-16H,1,3H2,(H,13,17,18)/t4-,6-,9+,10+/m0/s1. The second-order valence-electron chi connectivity index (χ2n) is 4.75. The minimum Gasteiger partial charge on any atom is -0.390 e. The van der Waals surface area contributed by atoms with Gasteiger partial charge in [0.25, 0.3) is 11.4 Å². The first-order chi connectivity index (χ1) is 8.84. The van der Waals surface area contributed by atoms with Crippen molar-refractivity contribution in [3.8, 4) is 0 Å². The summed E-state index contributed by atoms with van der Waals surface area (Å²) in [6.45, 7) is -1.01. The van der Waals surface area contributed by atoms with Gasteiger partial charge in [0.15, 0.2) is 5.72 Å². The molecule has 2 fully saturated rings. The monoisotopic (exact) mass is 336 g/mol. The highest BCUT2D eigenvalue weighted by molar-refractivity contribution is 9.10. The number of hydrogen-bond donors (Lipinski definition) is 3. The number of ether oxygens (including phenoxy) is 1. The van der Waals surface area contributed by atoms with Gasteiger partial charge in [0.1, 0.15) is 12.7 Å². The van der Waals surface area contributed by atoms with Crippen molar-refractivity contribution in [2.24, 2.45) is 5.92 Å². The molecule has 19 heavy (non-hydrogen) atoms. The van der Waals surface area contributed by atoms with Gasteiger partial charge in [-0.1, -0.05) is 0 Å². The molecule has 0 spiro atoms. The maximum absolute atomic E-state index is 14.0. The first-order valence-electron chi connectivity index (χ1n) is 5.54. The zero-order chi connectivity index (χ0) is 14.0. The molecule has 1 aromatic rings. The molecule has 0 radical (unpaired) electrons. The predicted octanol–water partition coefficient (Wildman–Crippen LogP) is -0.979. The van der Waals surface area contributed by atoms with E-state index in [9.17, 15) is 19.1 Å². The second kappa shape index (κ2) is 3.75. The minimum absolute atomic E-state index is 0.0885. The fourth-order valence-corrected chi connectivity index (χ4v) is 2.87. The Bertz CT molecular complexity index is 660. The third-order valence-corrected chi connectivity index (χ3v) is 4.19. The van der Waals surface area contributed by atoms with Crippen molar-refractivity contribution in [2.45, 2.75) is 24.1 Å². The van der Waals surface area contributed by atoms with Gasteiger partial charge >= 0.3 is 5.69 Å². The molecular formula is C10H10BrFN2O5. The Morgan fingerprint density at radius 2 is 2.32 bits per heavy atom. The number of halogens is 2. The Hall–Kier alpha value is -1.03. The Morgan fingerprint density at radius 1 is 1.63 bits per heavy atom. The number of nitrogens with zero attached hydrogens (tertiary/aromatic N) is 1. The molecule has 2 aliphatic rings. The number of aliphatic hydroxyl groups is 2. The first-order valence-corrected chi connectivity index (χ1v) is 6.33. The van der Waals surface area contributed by atoms with E-state index in [0.29, 0.717) is 0 Å². The van der Waals surface area contributed by atoms with E-state index < -0.39 is 41.5 Å². The van der Waals surface area contributed by atoms with Gasteiger partial charge in [-0.2, -0.15) is 0 Å². The van der Waals surface area contributed by atoms with Gasteiger partial charge < -0.3 is 14.9 Å². The average molecular weight is 337 g/mol. The van der Waals surface area contributed by atoms with E-state index in [0.717, 1.165) is 4.57 Å². The van der Waals surface area contributed by atoms with Crippen LogP contribution in [0.1, 0.15) is 6.42 Å². The van der Waals surface area contributed by atoms with Crippen molar-refractivity contribution in [1.29, 1.82) is 0 Å². The van der Waals surface area contributed by atoms with E-state index in [4.69, 9.17) is 9.84 Å². The Balaban J connectivity index is 2.09. The van der Waals surface area contributed by atoms with E-state index in [1.165, 1.54) is 6.20 Å². The number of aromatic amines is 1. The van der Waals surface area contributed by atoms with Gasteiger partial charge in [-0.05, 0) is 15.9 Å². The molecule has 7 nitrogen and oxygen atoms in total. The van der Waals surface area contributed by atoms with Crippen LogP contribution < -0.4 is 11.2 Å². The van der Waals surface area contributed by atoms with Gasteiger partial charge in [-0.3, -0.25) is 14.3 Å². The Morgan fingerprint density at radius 3 is 2.89 bits per heavy atom. The molecule has 9 heteroatoms. The normalized spacial score (nSPS) is 40.2. The number of alkyl halides is 1. The third-order valence-electron chi connectivity index (χ3n) is 3.62. The van der Waals surface area contributed by atoms with Crippen LogP contribution in [-0.4, -0.2) is 38.3 Å². The van der Waals surface area contributed by atoms with Crippen LogP contribution in [0.4, 0.5) is 4.39 Å². The third kappa shape index (κ3) is 1.59. The molecular weight excluding hydrogens is 327 g/mol. The predicted molar refractivity (Wildman–Crippen MR) is 63.1 cm³/mol. The highest BCUT2D eigenvalue weighted by atomic mass is 79.9. The lowest BCUT2D eigenvalue weighted by Gasteiger charge is -2.25. The number of H-pyrrole nitrogens is 1.